The highest BCUT2D eigenvalue weighted by Crippen LogP contribution is 2.37. The number of aliphatic hydroxyl groups excluding tert-OH is 4. The van der Waals surface area contributed by atoms with Gasteiger partial charge in [-0.25, -0.2) is 4.79 Å². The number of aliphatic hydroxyl groups is 4. The number of carboxylic acid groups (broad SMARTS) is 1. The van der Waals surface area contributed by atoms with Crippen LogP contribution in [0.3, 0.4) is 0 Å². The number of nitrogens with zero attached hydrogens (tertiary/aromatic N) is 1. The molecule has 3 aliphatic rings. The van der Waals surface area contributed by atoms with Crippen molar-refractivity contribution in [3.8, 4) is 0 Å². The molecule has 3 rings (SSSR count). The van der Waals surface area contributed by atoms with Gasteiger partial charge in [-0.15, -0.1) is 6.58 Å². The number of likely N-dealkylation sites (tertiary alicyclic amines) is 1. The number of carbonyl (C=O) groups is 2. The molecule has 17 nitrogen and oxygen atoms in total. The molecule has 3 aliphatic heterocycles. The van der Waals surface area contributed by atoms with E-state index in [0.29, 0.717) is 13.1 Å². The Labute approximate surface area is 267 Å². The molecule has 0 bridgehead atoms. The van der Waals surface area contributed by atoms with Gasteiger partial charge in [-0.1, -0.05) is 18.2 Å². The van der Waals surface area contributed by atoms with Crippen molar-refractivity contribution < 1.29 is 69.0 Å². The minimum Gasteiger partial charge on any atom is -0.550 e. The molecule has 0 aliphatic carbocycles. The monoisotopic (exact) mass is 658 g/mol. The zero-order valence-corrected chi connectivity index (χ0v) is 26.3. The molecule has 0 aromatic rings. The van der Waals surface area contributed by atoms with Crippen molar-refractivity contribution in [2.75, 3.05) is 60.8 Å². The van der Waals surface area contributed by atoms with Crippen LogP contribution in [0.4, 0.5) is 0 Å². The van der Waals surface area contributed by atoms with Gasteiger partial charge in [-0.3, -0.25) is 4.99 Å². The van der Waals surface area contributed by atoms with E-state index in [1.165, 1.54) is 26.5 Å². The van der Waals surface area contributed by atoms with Gasteiger partial charge < -0.3 is 75.3 Å². The summed E-state index contributed by atoms with van der Waals surface area (Å²) in [4.78, 5) is 29.8. The Morgan fingerprint density at radius 2 is 2.00 bits per heavy atom. The van der Waals surface area contributed by atoms with Crippen molar-refractivity contribution in [2.24, 2.45) is 34.4 Å². The molecule has 4 unspecified atom stereocenters. The number of aliphatic carboxylic acids is 1. The Kier molecular flexibility index (Phi) is 14.4. The van der Waals surface area contributed by atoms with Gasteiger partial charge in [0.1, 0.15) is 31.0 Å². The molecule has 260 valence electrons. The number of guanidine groups is 1. The second-order valence-electron chi connectivity index (χ2n) is 11.3. The summed E-state index contributed by atoms with van der Waals surface area (Å²) in [5.41, 5.74) is 6.06. The van der Waals surface area contributed by atoms with E-state index in [9.17, 15) is 35.1 Å². The number of quaternary nitrogens is 2. The lowest BCUT2D eigenvalue weighted by molar-refractivity contribution is -0.911. The van der Waals surface area contributed by atoms with Gasteiger partial charge in [0, 0.05) is 18.9 Å². The van der Waals surface area contributed by atoms with Gasteiger partial charge >= 0.3 is 5.97 Å². The van der Waals surface area contributed by atoms with Gasteiger partial charge in [0.05, 0.1) is 76.1 Å². The molecule has 0 radical (unpaired) electrons. The Morgan fingerprint density at radius 1 is 1.26 bits per heavy atom. The second kappa shape index (κ2) is 17.7. The van der Waals surface area contributed by atoms with Gasteiger partial charge in [-0.05, 0) is 0 Å². The van der Waals surface area contributed by atoms with E-state index < -0.39 is 85.3 Å². The maximum atomic E-state index is 12.9. The van der Waals surface area contributed by atoms with Crippen LogP contribution >= 0.6 is 0 Å². The highest BCUT2D eigenvalue weighted by atomic mass is 16.8. The van der Waals surface area contributed by atoms with Crippen LogP contribution < -0.4 is 26.4 Å². The van der Waals surface area contributed by atoms with E-state index in [2.05, 4.69) is 16.9 Å². The molecule has 3 heterocycles. The van der Waals surface area contributed by atoms with Crippen molar-refractivity contribution >= 4 is 17.9 Å². The number of ether oxygens (including phenoxy) is 5. The van der Waals surface area contributed by atoms with Crippen LogP contribution in [0.1, 0.15) is 0 Å². The molecular formula is C29H48N5O12+. The first-order valence-electron chi connectivity index (χ1n) is 15.1. The molecule has 0 aromatic heterocycles. The molecule has 12 atom stereocenters. The van der Waals surface area contributed by atoms with Crippen molar-refractivity contribution in [3.63, 3.8) is 0 Å². The van der Waals surface area contributed by atoms with Crippen molar-refractivity contribution in [1.82, 2.24) is 5.32 Å². The fourth-order valence-corrected chi connectivity index (χ4v) is 6.05. The summed E-state index contributed by atoms with van der Waals surface area (Å²) in [5, 5.41) is 57.3. The largest absolute Gasteiger partial charge is 0.550 e. The maximum Gasteiger partial charge on any atom is 0.337 e. The molecule has 10 N–H and O–H groups in total. The van der Waals surface area contributed by atoms with Crippen LogP contribution in [0.5, 0.6) is 0 Å². The lowest BCUT2D eigenvalue weighted by atomic mass is 9.79. The number of hydrogen-bond donors (Lipinski definition) is 8. The predicted octanol–water partition coefficient (Wildman–Crippen LogP) is -6.86. The fraction of sp³-hybridized carbons (Fsp3) is 0.690. The number of nitrogens with two attached hydrogens (primary N) is 2. The third-order valence-corrected chi connectivity index (χ3v) is 8.48. The highest BCUT2D eigenvalue weighted by molar-refractivity contribution is 5.89. The van der Waals surface area contributed by atoms with E-state index in [-0.39, 0.29) is 31.4 Å². The summed E-state index contributed by atoms with van der Waals surface area (Å²) in [6, 6.07) is -0.723. The Bertz CT molecular complexity index is 1120. The summed E-state index contributed by atoms with van der Waals surface area (Å²) < 4.78 is 28.4. The van der Waals surface area contributed by atoms with Gasteiger partial charge in [0.2, 0.25) is 6.29 Å². The zero-order chi connectivity index (χ0) is 34.0. The van der Waals surface area contributed by atoms with Crippen molar-refractivity contribution in [3.05, 3.63) is 36.6 Å². The van der Waals surface area contributed by atoms with Crippen molar-refractivity contribution in [1.29, 1.82) is 0 Å². The summed E-state index contributed by atoms with van der Waals surface area (Å²) >= 11 is 0. The smallest absolute Gasteiger partial charge is 0.337 e. The number of esters is 1. The Hall–Kier alpha value is -3.13. The minimum atomic E-state index is -1.46. The van der Waals surface area contributed by atoms with E-state index >= 15 is 0 Å². The molecular weight excluding hydrogens is 610 g/mol. The van der Waals surface area contributed by atoms with Gasteiger partial charge in [0.15, 0.2) is 19.0 Å². The molecule has 0 amide bonds. The Morgan fingerprint density at radius 3 is 2.59 bits per heavy atom. The lowest BCUT2D eigenvalue weighted by Crippen LogP contribution is -3.16. The Balaban J connectivity index is 1.97. The van der Waals surface area contributed by atoms with Crippen LogP contribution in [0.2, 0.25) is 0 Å². The second-order valence-corrected chi connectivity index (χ2v) is 11.3. The van der Waals surface area contributed by atoms with Gasteiger partial charge in [-0.2, -0.15) is 0 Å². The van der Waals surface area contributed by atoms with Crippen molar-refractivity contribution in [2.45, 2.75) is 43.0 Å². The maximum absolute atomic E-state index is 12.9. The third kappa shape index (κ3) is 8.81. The first-order valence-corrected chi connectivity index (χ1v) is 15.1. The number of carbonyl (C=O) groups excluding carboxylic acids is 2. The van der Waals surface area contributed by atoms with Gasteiger partial charge in [0.25, 0.3) is 0 Å². The van der Waals surface area contributed by atoms with E-state index in [1.54, 1.807) is 24.5 Å². The zero-order valence-electron chi connectivity index (χ0n) is 26.3. The first kappa shape index (κ1) is 37.3. The van der Waals surface area contributed by atoms with E-state index in [0.717, 1.165) is 4.90 Å². The van der Waals surface area contributed by atoms with Crippen LogP contribution in [-0.2, 0) is 33.3 Å². The topological polar surface area (TPSA) is 256 Å². The van der Waals surface area contributed by atoms with Crippen LogP contribution in [0.25, 0.3) is 0 Å². The summed E-state index contributed by atoms with van der Waals surface area (Å²) in [6.07, 6.45) is -1.55. The average molecular weight is 659 g/mol. The van der Waals surface area contributed by atoms with Crippen LogP contribution in [0, 0.1) is 23.7 Å². The fourth-order valence-electron chi connectivity index (χ4n) is 6.05. The number of carboxylic acids is 1. The van der Waals surface area contributed by atoms with Crippen LogP contribution in [0.15, 0.2) is 41.6 Å². The quantitative estimate of drug-likeness (QED) is 0.0284. The van der Waals surface area contributed by atoms with E-state index in [1.807, 2.05) is 0 Å². The highest BCUT2D eigenvalue weighted by Gasteiger charge is 2.49. The molecule has 2 fully saturated rings. The van der Waals surface area contributed by atoms with E-state index in [4.69, 9.17) is 29.4 Å². The molecule has 2 saturated heterocycles. The number of methoxy groups -OCH3 is 1. The standard InChI is InChI=1S/C29H47N5O12/c1-5-16-17(7-6-15-10-34(8-9-35)11-18(25(39)40)21(15)33-29(30)32-3)19(26(41)42-4)13-43-27(16)46-28-24(44-14-31-2)23(38)22(37)20(12-36)45-28/h5-7,13,15-18,20-24,27-28,31,35-38H,1,8-12,14H2,2-4H3,(H,39,40)(H3,30,32,33)/p+1/t15?,16-,17+,18?,20-,21?,22-,23+,24+,27-,28+/m1/s1. The summed E-state index contributed by atoms with van der Waals surface area (Å²) in [7, 11) is 4.42. The molecule has 0 aromatic carbocycles. The average Bonchev–Trinajstić information content (AvgIpc) is 3.05. The lowest BCUT2D eigenvalue weighted by Gasteiger charge is -2.44. The number of hydrogen-bond acceptors (Lipinski definition) is 13. The molecule has 46 heavy (non-hydrogen) atoms. The number of aliphatic imine (C=N–C) groups is 1. The number of piperidine rings is 1. The normalized spacial score (nSPS) is 36.8. The number of nitrogens with one attached hydrogen (secondary N) is 2. The first-order chi connectivity index (χ1) is 22.0. The molecule has 0 saturated carbocycles. The minimum absolute atomic E-state index is 0.0392. The van der Waals surface area contributed by atoms with Crippen LogP contribution in [-0.4, -0.2) is 142 Å². The number of rotatable bonds is 14. The predicted molar refractivity (Wildman–Crippen MR) is 157 cm³/mol. The SMILES string of the molecule is C=C[C@H]1[C@@H](O[C@@H]2O[C@H](CO)[C@@H](O)[C@H](O)[C@@H]2OC[NH2+]C)OC=C(C(=O)OC)[C@H]1C=CC1C[NH+](CCO)CC(C(=O)[O-])C1NC(N)=NC. The summed E-state index contributed by atoms with van der Waals surface area (Å²) in [6.45, 7) is 4.17. The number of allylic oxidation sites excluding steroid dienone is 1. The molecule has 17 heteroatoms. The third-order valence-electron chi connectivity index (χ3n) is 8.48. The molecule has 0 spiro atoms. The summed E-state index contributed by atoms with van der Waals surface area (Å²) in [5.74, 6) is -4.91.